The number of nitrogens with zero attached hydrogens (tertiary/aromatic N) is 2. The molecule has 10 heteroatoms. The van der Waals surface area contributed by atoms with Crippen LogP contribution in [-0.2, 0) is 11.0 Å². The van der Waals surface area contributed by atoms with E-state index in [1.807, 2.05) is 0 Å². The van der Waals surface area contributed by atoms with Gasteiger partial charge in [0.1, 0.15) is 4.88 Å². The second-order valence-corrected chi connectivity index (χ2v) is 7.71. The van der Waals surface area contributed by atoms with Gasteiger partial charge in [0.05, 0.1) is 28.3 Å². The van der Waals surface area contributed by atoms with Crippen molar-refractivity contribution >= 4 is 40.4 Å². The molecule has 1 fully saturated rings. The number of aromatic nitrogens is 1. The molecule has 0 atom stereocenters. The van der Waals surface area contributed by atoms with Crippen LogP contribution in [0.3, 0.4) is 0 Å². The Kier molecular flexibility index (Phi) is 5.43. The Hall–Kier alpha value is -2.13. The number of likely N-dealkylation sites (N-methyl/N-ethyl adjacent to an activating group) is 1. The average Bonchev–Trinajstić information content (AvgIpc) is 3.32. The van der Waals surface area contributed by atoms with Gasteiger partial charge in [-0.3, -0.25) is 9.59 Å². The second kappa shape index (κ2) is 7.47. The predicted octanol–water partition coefficient (Wildman–Crippen LogP) is 4.40. The lowest BCUT2D eigenvalue weighted by Gasteiger charge is -2.16. The van der Waals surface area contributed by atoms with E-state index < -0.39 is 22.7 Å². The van der Waals surface area contributed by atoms with Crippen molar-refractivity contribution in [1.29, 1.82) is 0 Å². The van der Waals surface area contributed by atoms with Crippen LogP contribution in [0, 0.1) is 0 Å². The van der Waals surface area contributed by atoms with Crippen molar-refractivity contribution in [3.05, 3.63) is 44.9 Å². The fourth-order valence-corrected chi connectivity index (χ4v) is 3.71. The Balaban J connectivity index is 1.62. The quantitative estimate of drug-likeness (QED) is 0.784. The molecule has 1 aliphatic carbocycles. The monoisotopic (exact) mass is 417 g/mol. The molecule has 0 radical (unpaired) electrons. The molecule has 3 rings (SSSR count). The third-order valence-corrected chi connectivity index (χ3v) is 5.42. The van der Waals surface area contributed by atoms with Crippen LogP contribution in [-0.4, -0.2) is 35.3 Å². The van der Waals surface area contributed by atoms with E-state index in [0.29, 0.717) is 10.8 Å². The van der Waals surface area contributed by atoms with Crippen LogP contribution in [0.5, 0.6) is 0 Å². The lowest BCUT2D eigenvalue weighted by atomic mass is 10.2. The van der Waals surface area contributed by atoms with E-state index in [4.69, 9.17) is 11.6 Å². The van der Waals surface area contributed by atoms with Gasteiger partial charge in [0, 0.05) is 18.7 Å². The Morgan fingerprint density at radius 1 is 1.37 bits per heavy atom. The summed E-state index contributed by atoms with van der Waals surface area (Å²) in [5, 5.41) is 2.81. The molecule has 2 amide bonds. The molecule has 1 aliphatic rings. The highest BCUT2D eigenvalue weighted by Gasteiger charge is 2.33. The van der Waals surface area contributed by atoms with Crippen molar-refractivity contribution in [2.75, 3.05) is 18.9 Å². The van der Waals surface area contributed by atoms with Crippen LogP contribution < -0.4 is 5.32 Å². The Bertz CT molecular complexity index is 881. The number of carbonyl (C=O) groups excluding carboxylic acids is 2. The minimum Gasteiger partial charge on any atom is -0.332 e. The van der Waals surface area contributed by atoms with Crippen molar-refractivity contribution in [1.82, 2.24) is 9.88 Å². The third-order valence-electron chi connectivity index (χ3n) is 3.94. The maximum Gasteiger partial charge on any atom is 0.417 e. The Labute approximate surface area is 162 Å². The van der Waals surface area contributed by atoms with Gasteiger partial charge in [0.25, 0.3) is 5.91 Å². The van der Waals surface area contributed by atoms with Crippen molar-refractivity contribution in [3.8, 4) is 0 Å². The van der Waals surface area contributed by atoms with Gasteiger partial charge in [-0.2, -0.15) is 13.2 Å². The van der Waals surface area contributed by atoms with Crippen LogP contribution in [0.2, 0.25) is 5.02 Å². The summed E-state index contributed by atoms with van der Waals surface area (Å²) in [6.45, 7) is -0.306. The minimum atomic E-state index is -4.63. The maximum absolute atomic E-state index is 12.9. The number of halogens is 4. The molecule has 1 aromatic heterocycles. The summed E-state index contributed by atoms with van der Waals surface area (Å²) in [5.41, 5.74) is -1.09. The number of nitrogens with one attached hydrogen (secondary N) is 1. The number of amides is 2. The fourth-order valence-electron chi connectivity index (χ4n) is 2.40. The number of rotatable bonds is 5. The van der Waals surface area contributed by atoms with Crippen molar-refractivity contribution in [3.63, 3.8) is 0 Å². The largest absolute Gasteiger partial charge is 0.417 e. The molecule has 0 aliphatic heterocycles. The first kappa shape index (κ1) is 19.6. The zero-order chi connectivity index (χ0) is 19.8. The van der Waals surface area contributed by atoms with Crippen molar-refractivity contribution in [2.24, 2.45) is 0 Å². The molecule has 0 unspecified atom stereocenters. The van der Waals surface area contributed by atoms with E-state index in [1.54, 1.807) is 0 Å². The summed E-state index contributed by atoms with van der Waals surface area (Å²) in [6.07, 6.45) is -0.999. The van der Waals surface area contributed by atoms with Gasteiger partial charge >= 0.3 is 6.18 Å². The standard InChI is InChI=1S/C17H15ClF3N3O2S/c1-24(16(26)13-7-22-15(27-13)9-2-3-9)8-14(25)23-10-4-5-12(18)11(6-10)17(19,20)21/h4-7,9H,2-3,8H2,1H3,(H,23,25). The van der Waals surface area contributed by atoms with E-state index in [9.17, 15) is 22.8 Å². The minimum absolute atomic E-state index is 0.0496. The lowest BCUT2D eigenvalue weighted by Crippen LogP contribution is -2.34. The van der Waals surface area contributed by atoms with E-state index in [1.165, 1.54) is 35.5 Å². The van der Waals surface area contributed by atoms with E-state index in [0.717, 1.165) is 30.0 Å². The average molecular weight is 418 g/mol. The molecule has 0 bridgehead atoms. The summed E-state index contributed by atoms with van der Waals surface area (Å²) in [5.74, 6) is -0.548. The third kappa shape index (κ3) is 4.78. The summed E-state index contributed by atoms with van der Waals surface area (Å²) in [6, 6.07) is 3.08. The smallest absolute Gasteiger partial charge is 0.332 e. The van der Waals surface area contributed by atoms with Gasteiger partial charge in [-0.25, -0.2) is 4.98 Å². The van der Waals surface area contributed by atoms with Gasteiger partial charge in [-0.1, -0.05) is 11.6 Å². The lowest BCUT2D eigenvalue weighted by molar-refractivity contribution is -0.137. The number of carbonyl (C=O) groups is 2. The van der Waals surface area contributed by atoms with Gasteiger partial charge in [-0.05, 0) is 31.0 Å². The molecular formula is C17H15ClF3N3O2S. The molecule has 0 saturated heterocycles. The van der Waals surface area contributed by atoms with Gasteiger partial charge in [0.2, 0.25) is 5.91 Å². The highest BCUT2D eigenvalue weighted by Crippen LogP contribution is 2.41. The zero-order valence-corrected chi connectivity index (χ0v) is 15.7. The normalized spacial score (nSPS) is 14.1. The first-order chi connectivity index (χ1) is 12.6. The molecule has 27 heavy (non-hydrogen) atoms. The van der Waals surface area contributed by atoms with Gasteiger partial charge < -0.3 is 10.2 Å². The molecule has 144 valence electrons. The number of hydrogen-bond donors (Lipinski definition) is 1. The Morgan fingerprint density at radius 2 is 2.07 bits per heavy atom. The van der Waals surface area contributed by atoms with E-state index in [-0.39, 0.29) is 18.1 Å². The molecular weight excluding hydrogens is 403 g/mol. The predicted molar refractivity (Wildman–Crippen MR) is 96.1 cm³/mol. The highest BCUT2D eigenvalue weighted by atomic mass is 35.5. The SMILES string of the molecule is CN(CC(=O)Nc1ccc(Cl)c(C(F)(F)F)c1)C(=O)c1cnc(C2CC2)s1. The molecule has 1 heterocycles. The maximum atomic E-state index is 12.9. The number of thiazole rings is 1. The van der Waals surface area contributed by atoms with Crippen molar-refractivity contribution < 1.29 is 22.8 Å². The topological polar surface area (TPSA) is 62.3 Å². The first-order valence-corrected chi connectivity index (χ1v) is 9.22. The number of benzene rings is 1. The van der Waals surface area contributed by atoms with E-state index >= 15 is 0 Å². The van der Waals surface area contributed by atoms with Crippen molar-refractivity contribution in [2.45, 2.75) is 24.9 Å². The van der Waals surface area contributed by atoms with Gasteiger partial charge in [0.15, 0.2) is 0 Å². The Morgan fingerprint density at radius 3 is 2.70 bits per heavy atom. The number of anilines is 1. The highest BCUT2D eigenvalue weighted by molar-refractivity contribution is 7.13. The molecule has 5 nitrogen and oxygen atoms in total. The molecule has 0 spiro atoms. The fraction of sp³-hybridized carbons (Fsp3) is 0.353. The molecule has 1 N–H and O–H groups in total. The van der Waals surface area contributed by atoms with Crippen LogP contribution in [0.15, 0.2) is 24.4 Å². The number of alkyl halides is 3. The van der Waals surface area contributed by atoms with Crippen LogP contribution in [0.1, 0.15) is 39.0 Å². The number of hydrogen-bond acceptors (Lipinski definition) is 4. The van der Waals surface area contributed by atoms with Crippen LogP contribution in [0.4, 0.5) is 18.9 Å². The summed E-state index contributed by atoms with van der Waals surface area (Å²) < 4.78 is 38.6. The summed E-state index contributed by atoms with van der Waals surface area (Å²) in [4.78, 5) is 30.3. The van der Waals surface area contributed by atoms with Crippen LogP contribution in [0.25, 0.3) is 0 Å². The molecule has 2 aromatic rings. The van der Waals surface area contributed by atoms with Gasteiger partial charge in [-0.15, -0.1) is 11.3 Å². The molecule has 1 saturated carbocycles. The molecule has 1 aromatic carbocycles. The second-order valence-electron chi connectivity index (χ2n) is 6.24. The van der Waals surface area contributed by atoms with Crippen LogP contribution >= 0.6 is 22.9 Å². The first-order valence-electron chi connectivity index (χ1n) is 8.03. The summed E-state index contributed by atoms with van der Waals surface area (Å²) >= 11 is 6.85. The zero-order valence-electron chi connectivity index (χ0n) is 14.1. The summed E-state index contributed by atoms with van der Waals surface area (Å²) in [7, 11) is 1.45. The van der Waals surface area contributed by atoms with E-state index in [2.05, 4.69) is 10.3 Å².